The Morgan fingerprint density at radius 3 is 2.71 bits per heavy atom. The van der Waals surface area contributed by atoms with Gasteiger partial charge >= 0.3 is 0 Å². The summed E-state index contributed by atoms with van der Waals surface area (Å²) in [6.07, 6.45) is 3.06. The monoisotopic (exact) mass is 285 g/mol. The van der Waals surface area contributed by atoms with E-state index >= 15 is 0 Å². The van der Waals surface area contributed by atoms with Crippen molar-refractivity contribution in [3.8, 4) is 0 Å². The first-order valence-electron chi connectivity index (χ1n) is 6.21. The minimum absolute atomic E-state index is 0.0525. The fourth-order valence-electron chi connectivity index (χ4n) is 1.73. The van der Waals surface area contributed by atoms with Crippen LogP contribution in [-0.4, -0.2) is 38.9 Å². The average Bonchev–Trinajstić information content (AvgIpc) is 2.54. The van der Waals surface area contributed by atoms with Gasteiger partial charge in [0.25, 0.3) is 5.91 Å². The number of hydrogen-bond acceptors (Lipinski definition) is 5. The Hall–Kier alpha value is -2.96. The molecule has 0 saturated carbocycles. The maximum Gasteiger partial charge on any atom is 0.272 e. The molecular formula is C14H15N5O2. The summed E-state index contributed by atoms with van der Waals surface area (Å²) in [7, 11) is 1.68. The molecule has 0 bridgehead atoms. The Morgan fingerprint density at radius 1 is 1.33 bits per heavy atom. The molecular weight excluding hydrogens is 270 g/mol. The maximum absolute atomic E-state index is 12.2. The molecule has 0 atom stereocenters. The standard InChI is InChI=1S/C14H15N5O2/c1-19(9-11-4-2-3-7-16-11)14(20)12-6-5-10(8-17-12)13(15)18-21/h2-8,21H,9H2,1H3,(H2,15,18). The van der Waals surface area contributed by atoms with Gasteiger partial charge in [-0.2, -0.15) is 0 Å². The third kappa shape index (κ3) is 3.53. The van der Waals surface area contributed by atoms with Crippen molar-refractivity contribution in [1.82, 2.24) is 14.9 Å². The van der Waals surface area contributed by atoms with Gasteiger partial charge in [-0.05, 0) is 24.3 Å². The number of hydrogen-bond donors (Lipinski definition) is 2. The van der Waals surface area contributed by atoms with Crippen molar-refractivity contribution >= 4 is 11.7 Å². The van der Waals surface area contributed by atoms with Crippen LogP contribution in [0.4, 0.5) is 0 Å². The van der Waals surface area contributed by atoms with E-state index in [1.165, 1.54) is 17.2 Å². The quantitative estimate of drug-likeness (QED) is 0.375. The van der Waals surface area contributed by atoms with Crippen LogP contribution in [-0.2, 0) is 6.54 Å². The van der Waals surface area contributed by atoms with Crippen LogP contribution in [0.15, 0.2) is 47.9 Å². The smallest absolute Gasteiger partial charge is 0.272 e. The molecule has 2 heterocycles. The Kier molecular flexibility index (Phi) is 4.45. The lowest BCUT2D eigenvalue weighted by atomic mass is 10.2. The van der Waals surface area contributed by atoms with E-state index in [2.05, 4.69) is 15.1 Å². The number of carbonyl (C=O) groups is 1. The Labute approximate surface area is 121 Å². The molecule has 108 valence electrons. The van der Waals surface area contributed by atoms with Crippen LogP contribution in [0.25, 0.3) is 0 Å². The first-order chi connectivity index (χ1) is 10.1. The zero-order chi connectivity index (χ0) is 15.2. The molecule has 0 radical (unpaired) electrons. The number of aromatic nitrogens is 2. The van der Waals surface area contributed by atoms with Crippen molar-refractivity contribution in [3.05, 3.63) is 59.7 Å². The van der Waals surface area contributed by atoms with Gasteiger partial charge in [-0.25, -0.2) is 0 Å². The number of rotatable bonds is 4. The first-order valence-corrected chi connectivity index (χ1v) is 6.21. The average molecular weight is 285 g/mol. The molecule has 21 heavy (non-hydrogen) atoms. The van der Waals surface area contributed by atoms with E-state index in [1.807, 2.05) is 18.2 Å². The zero-order valence-electron chi connectivity index (χ0n) is 11.5. The predicted molar refractivity (Wildman–Crippen MR) is 76.8 cm³/mol. The van der Waals surface area contributed by atoms with Crippen LogP contribution < -0.4 is 5.73 Å². The number of amides is 1. The van der Waals surface area contributed by atoms with E-state index in [4.69, 9.17) is 10.9 Å². The summed E-state index contributed by atoms with van der Waals surface area (Å²) in [5, 5.41) is 11.4. The third-order valence-corrected chi connectivity index (χ3v) is 2.86. The molecule has 0 spiro atoms. The molecule has 0 aliphatic rings. The number of amidine groups is 1. The van der Waals surface area contributed by atoms with E-state index in [0.717, 1.165) is 5.69 Å². The van der Waals surface area contributed by atoms with Crippen molar-refractivity contribution in [2.45, 2.75) is 6.54 Å². The normalized spacial score (nSPS) is 11.2. The minimum Gasteiger partial charge on any atom is -0.409 e. The van der Waals surface area contributed by atoms with E-state index < -0.39 is 0 Å². The molecule has 0 unspecified atom stereocenters. The number of oxime groups is 1. The lowest BCUT2D eigenvalue weighted by Gasteiger charge is -2.16. The van der Waals surface area contributed by atoms with E-state index in [0.29, 0.717) is 12.1 Å². The van der Waals surface area contributed by atoms with Crippen molar-refractivity contribution in [2.75, 3.05) is 7.05 Å². The molecule has 0 aromatic carbocycles. The summed E-state index contributed by atoms with van der Waals surface area (Å²) in [4.78, 5) is 21.9. The van der Waals surface area contributed by atoms with Crippen LogP contribution in [0.1, 0.15) is 21.7 Å². The second kappa shape index (κ2) is 6.47. The first kappa shape index (κ1) is 14.4. The van der Waals surface area contributed by atoms with Gasteiger partial charge in [-0.1, -0.05) is 11.2 Å². The SMILES string of the molecule is CN(Cc1ccccn1)C(=O)c1ccc(C(N)=NO)cn1. The van der Waals surface area contributed by atoms with Crippen LogP contribution in [0.5, 0.6) is 0 Å². The lowest BCUT2D eigenvalue weighted by Crippen LogP contribution is -2.27. The summed E-state index contributed by atoms with van der Waals surface area (Å²) in [6, 6.07) is 8.64. The van der Waals surface area contributed by atoms with Crippen molar-refractivity contribution in [1.29, 1.82) is 0 Å². The van der Waals surface area contributed by atoms with E-state index in [-0.39, 0.29) is 17.4 Å². The van der Waals surface area contributed by atoms with Crippen LogP contribution in [0, 0.1) is 0 Å². The zero-order valence-corrected chi connectivity index (χ0v) is 11.5. The number of pyridine rings is 2. The molecule has 7 heteroatoms. The highest BCUT2D eigenvalue weighted by Crippen LogP contribution is 2.06. The Morgan fingerprint density at radius 2 is 2.14 bits per heavy atom. The van der Waals surface area contributed by atoms with Crippen molar-refractivity contribution < 1.29 is 10.0 Å². The van der Waals surface area contributed by atoms with Crippen LogP contribution >= 0.6 is 0 Å². The van der Waals surface area contributed by atoms with E-state index in [9.17, 15) is 4.79 Å². The largest absolute Gasteiger partial charge is 0.409 e. The van der Waals surface area contributed by atoms with Crippen LogP contribution in [0.2, 0.25) is 0 Å². The second-order valence-corrected chi connectivity index (χ2v) is 4.40. The topological polar surface area (TPSA) is 105 Å². The van der Waals surface area contributed by atoms with Gasteiger partial charge in [-0.15, -0.1) is 0 Å². The molecule has 0 aliphatic heterocycles. The van der Waals surface area contributed by atoms with Gasteiger partial charge in [0, 0.05) is 25.0 Å². The third-order valence-electron chi connectivity index (χ3n) is 2.86. The highest BCUT2D eigenvalue weighted by atomic mass is 16.4. The fraction of sp³-hybridized carbons (Fsp3) is 0.143. The van der Waals surface area contributed by atoms with Crippen molar-refractivity contribution in [2.24, 2.45) is 10.9 Å². The summed E-state index contributed by atoms with van der Waals surface area (Å²) in [5.74, 6) is -0.282. The number of nitrogens with zero attached hydrogens (tertiary/aromatic N) is 4. The Balaban J connectivity index is 2.09. The minimum atomic E-state index is -0.230. The summed E-state index contributed by atoms with van der Waals surface area (Å²) >= 11 is 0. The Bertz CT molecular complexity index is 640. The molecule has 0 aliphatic carbocycles. The predicted octanol–water partition coefficient (Wildman–Crippen LogP) is 0.843. The van der Waals surface area contributed by atoms with Crippen LogP contribution in [0.3, 0.4) is 0 Å². The molecule has 3 N–H and O–H groups in total. The molecule has 0 fully saturated rings. The molecule has 2 aromatic heterocycles. The highest BCUT2D eigenvalue weighted by molar-refractivity contribution is 5.98. The second-order valence-electron chi connectivity index (χ2n) is 4.40. The van der Waals surface area contributed by atoms with Gasteiger partial charge in [0.15, 0.2) is 5.84 Å². The summed E-state index contributed by atoms with van der Waals surface area (Å²) in [5.41, 5.74) is 6.96. The van der Waals surface area contributed by atoms with Gasteiger partial charge in [0.1, 0.15) is 5.69 Å². The maximum atomic E-state index is 12.2. The summed E-state index contributed by atoms with van der Waals surface area (Å²) in [6.45, 7) is 0.392. The molecule has 0 saturated heterocycles. The molecule has 2 rings (SSSR count). The molecule has 1 amide bonds. The highest BCUT2D eigenvalue weighted by Gasteiger charge is 2.14. The van der Waals surface area contributed by atoms with Gasteiger partial charge < -0.3 is 15.8 Å². The molecule has 7 nitrogen and oxygen atoms in total. The molecule has 2 aromatic rings. The van der Waals surface area contributed by atoms with Gasteiger partial charge in [0.05, 0.1) is 12.2 Å². The summed E-state index contributed by atoms with van der Waals surface area (Å²) < 4.78 is 0. The van der Waals surface area contributed by atoms with Gasteiger partial charge in [0.2, 0.25) is 0 Å². The van der Waals surface area contributed by atoms with Crippen molar-refractivity contribution in [3.63, 3.8) is 0 Å². The van der Waals surface area contributed by atoms with E-state index in [1.54, 1.807) is 19.3 Å². The van der Waals surface area contributed by atoms with Gasteiger partial charge in [-0.3, -0.25) is 14.8 Å². The number of nitrogens with two attached hydrogens (primary N) is 1. The lowest BCUT2D eigenvalue weighted by molar-refractivity contribution is 0.0777. The fourth-order valence-corrected chi connectivity index (χ4v) is 1.73. The number of carbonyl (C=O) groups excluding carboxylic acids is 1.